The van der Waals surface area contributed by atoms with Gasteiger partial charge in [-0.05, 0) is 12.8 Å². The van der Waals surface area contributed by atoms with Gasteiger partial charge in [0.15, 0.2) is 6.29 Å². The van der Waals surface area contributed by atoms with Crippen LogP contribution in [-0.4, -0.2) is 160 Å². The summed E-state index contributed by atoms with van der Waals surface area (Å²) in [5, 5.41) is 73.6. The largest absolute Gasteiger partial charge is 0.394 e. The van der Waals surface area contributed by atoms with Crippen molar-refractivity contribution in [2.24, 2.45) is 28.9 Å². The second-order valence-corrected chi connectivity index (χ2v) is 12.9. The summed E-state index contributed by atoms with van der Waals surface area (Å²) >= 11 is 0. The SMILES string of the molecule is NCC1OC(C2C(N)CC(NC(=O)C3(O)CC(N)C3)C(OC3OC(CO)C(O)C(N)C3O)C2O)C(NC2CNC2)CC1O. The van der Waals surface area contributed by atoms with E-state index in [1.807, 2.05) is 0 Å². The zero-order valence-electron chi connectivity index (χ0n) is 24.0. The smallest absolute Gasteiger partial charge is 0.252 e. The first-order chi connectivity index (χ1) is 20.4. The number of nitrogens with one attached hydrogen (secondary N) is 3. The first kappa shape index (κ1) is 33.2. The van der Waals surface area contributed by atoms with Gasteiger partial charge in [-0.15, -0.1) is 0 Å². The third-order valence-corrected chi connectivity index (χ3v) is 9.81. The van der Waals surface area contributed by atoms with Gasteiger partial charge in [-0.3, -0.25) is 4.79 Å². The molecule has 5 fully saturated rings. The fourth-order valence-electron chi connectivity index (χ4n) is 7.11. The van der Waals surface area contributed by atoms with Crippen LogP contribution in [-0.2, 0) is 19.0 Å². The van der Waals surface area contributed by atoms with Crippen molar-refractivity contribution in [2.45, 2.75) is 123 Å². The van der Waals surface area contributed by atoms with Crippen LogP contribution < -0.4 is 38.9 Å². The van der Waals surface area contributed by atoms with Crippen LogP contribution in [0.5, 0.6) is 0 Å². The van der Waals surface area contributed by atoms with Crippen molar-refractivity contribution in [3.63, 3.8) is 0 Å². The average Bonchev–Trinajstić information content (AvgIpc) is 2.92. The minimum atomic E-state index is -1.69. The van der Waals surface area contributed by atoms with Gasteiger partial charge in [0.25, 0.3) is 5.91 Å². The molecule has 3 aliphatic heterocycles. The molecule has 17 N–H and O–H groups in total. The number of carbonyl (C=O) groups excluding carboxylic acids is 1. The Morgan fingerprint density at radius 2 is 1.67 bits per heavy atom. The first-order valence-electron chi connectivity index (χ1n) is 15.1. The van der Waals surface area contributed by atoms with Crippen LogP contribution in [0.1, 0.15) is 25.7 Å². The molecule has 2 aliphatic carbocycles. The maximum atomic E-state index is 13.1. The highest BCUT2D eigenvalue weighted by atomic mass is 16.7. The third kappa shape index (κ3) is 6.58. The number of nitrogens with two attached hydrogens (primary N) is 4. The van der Waals surface area contributed by atoms with Gasteiger partial charge in [-0.2, -0.15) is 0 Å². The van der Waals surface area contributed by atoms with E-state index >= 15 is 0 Å². The van der Waals surface area contributed by atoms with Gasteiger partial charge >= 0.3 is 0 Å². The van der Waals surface area contributed by atoms with E-state index in [9.17, 15) is 35.4 Å². The Hall–Kier alpha value is -1.13. The van der Waals surface area contributed by atoms with Crippen molar-refractivity contribution in [1.82, 2.24) is 16.0 Å². The molecular weight excluding hydrogens is 570 g/mol. The molecule has 17 heteroatoms. The highest BCUT2D eigenvalue weighted by molar-refractivity contribution is 5.86. The monoisotopic (exact) mass is 619 g/mol. The van der Waals surface area contributed by atoms with Gasteiger partial charge in [0.1, 0.15) is 30.0 Å². The zero-order valence-corrected chi connectivity index (χ0v) is 24.0. The molecule has 0 bridgehead atoms. The maximum absolute atomic E-state index is 13.1. The van der Waals surface area contributed by atoms with Gasteiger partial charge in [0, 0.05) is 62.6 Å². The molecule has 0 aromatic rings. The minimum Gasteiger partial charge on any atom is -0.394 e. The number of ether oxygens (including phenoxy) is 3. The second-order valence-electron chi connectivity index (χ2n) is 12.9. The van der Waals surface area contributed by atoms with Crippen LogP contribution in [0.25, 0.3) is 0 Å². The molecule has 0 aromatic carbocycles. The van der Waals surface area contributed by atoms with E-state index < -0.39 is 103 Å². The summed E-state index contributed by atoms with van der Waals surface area (Å²) < 4.78 is 18.0. The summed E-state index contributed by atoms with van der Waals surface area (Å²) in [6, 6.07) is -3.55. The van der Waals surface area contributed by atoms with E-state index in [4.69, 9.17) is 37.1 Å². The molecule has 0 spiro atoms. The Bertz CT molecular complexity index is 959. The number of aliphatic hydroxyl groups is 6. The molecule has 0 radical (unpaired) electrons. The van der Waals surface area contributed by atoms with Gasteiger partial charge in [-0.25, -0.2) is 0 Å². The molecule has 43 heavy (non-hydrogen) atoms. The lowest BCUT2D eigenvalue weighted by Gasteiger charge is -2.53. The summed E-state index contributed by atoms with van der Waals surface area (Å²) in [4.78, 5) is 13.1. The Morgan fingerprint density at radius 1 is 0.977 bits per heavy atom. The van der Waals surface area contributed by atoms with Crippen LogP contribution in [0.4, 0.5) is 0 Å². The molecule has 14 unspecified atom stereocenters. The number of amides is 1. The Morgan fingerprint density at radius 3 is 2.26 bits per heavy atom. The van der Waals surface area contributed by atoms with Crippen molar-refractivity contribution in [3.8, 4) is 0 Å². The van der Waals surface area contributed by atoms with E-state index in [1.54, 1.807) is 0 Å². The number of rotatable bonds is 9. The molecule has 2 saturated carbocycles. The summed E-state index contributed by atoms with van der Waals surface area (Å²) in [6.45, 7) is 0.871. The maximum Gasteiger partial charge on any atom is 0.252 e. The van der Waals surface area contributed by atoms with E-state index in [0.29, 0.717) is 6.42 Å². The quantitative estimate of drug-likeness (QED) is 0.114. The fraction of sp³-hybridized carbons (Fsp3) is 0.962. The molecular formula is C26H49N7O10. The van der Waals surface area contributed by atoms with E-state index in [0.717, 1.165) is 13.1 Å². The Balaban J connectivity index is 1.41. The molecule has 17 nitrogen and oxygen atoms in total. The highest BCUT2D eigenvalue weighted by Gasteiger charge is 2.56. The van der Waals surface area contributed by atoms with E-state index in [2.05, 4.69) is 16.0 Å². The lowest BCUT2D eigenvalue weighted by atomic mass is 9.71. The Labute approximate surface area is 249 Å². The number of hydrogen-bond donors (Lipinski definition) is 13. The molecule has 3 heterocycles. The summed E-state index contributed by atoms with van der Waals surface area (Å²) in [5.41, 5.74) is 22.7. The van der Waals surface area contributed by atoms with Gasteiger partial charge in [0.2, 0.25) is 0 Å². The molecule has 14 atom stereocenters. The average molecular weight is 620 g/mol. The summed E-state index contributed by atoms with van der Waals surface area (Å²) in [5.74, 6) is -1.49. The summed E-state index contributed by atoms with van der Waals surface area (Å²) in [6.07, 6.45) is -10.0. The normalized spacial score (nSPS) is 50.9. The van der Waals surface area contributed by atoms with Gasteiger partial charge in [-0.1, -0.05) is 0 Å². The van der Waals surface area contributed by atoms with Gasteiger partial charge < -0.3 is 83.7 Å². The molecule has 248 valence electrons. The lowest BCUT2D eigenvalue weighted by Crippen LogP contribution is -2.72. The van der Waals surface area contributed by atoms with Crippen molar-refractivity contribution < 1.29 is 49.6 Å². The van der Waals surface area contributed by atoms with Crippen LogP contribution in [0.2, 0.25) is 0 Å². The zero-order chi connectivity index (χ0) is 31.2. The molecule has 5 rings (SSSR count). The Kier molecular flexibility index (Phi) is 10.3. The van der Waals surface area contributed by atoms with Crippen LogP contribution in [0.15, 0.2) is 0 Å². The third-order valence-electron chi connectivity index (χ3n) is 9.81. The minimum absolute atomic E-state index is 0.0393. The van der Waals surface area contributed by atoms with Crippen LogP contribution in [0.3, 0.4) is 0 Å². The second kappa shape index (κ2) is 13.3. The number of carbonyl (C=O) groups is 1. The van der Waals surface area contributed by atoms with Crippen LogP contribution >= 0.6 is 0 Å². The molecule has 1 amide bonds. The van der Waals surface area contributed by atoms with Crippen molar-refractivity contribution in [2.75, 3.05) is 26.2 Å². The van der Waals surface area contributed by atoms with Crippen molar-refractivity contribution >= 4 is 5.91 Å². The fourth-order valence-corrected chi connectivity index (χ4v) is 7.11. The lowest BCUT2D eigenvalue weighted by molar-refractivity contribution is -0.307. The van der Waals surface area contributed by atoms with E-state index in [-0.39, 0.29) is 37.9 Å². The molecule has 5 aliphatic rings. The standard InChI is InChI=1S/C26H49N7O10/c27-5-15-14(35)2-13(32-10-6-31-7-10)22(41-15)17-11(29)1-12(33-25(39)26(40)3-9(28)4-26)23(20(17)37)43-24-21(38)18(30)19(36)16(8-34)42-24/h9-24,31-32,34-38,40H,1-8,27-30H2,(H,33,39). The predicted molar refractivity (Wildman–Crippen MR) is 149 cm³/mol. The summed E-state index contributed by atoms with van der Waals surface area (Å²) in [7, 11) is 0. The van der Waals surface area contributed by atoms with Crippen molar-refractivity contribution in [1.29, 1.82) is 0 Å². The van der Waals surface area contributed by atoms with Gasteiger partial charge in [0.05, 0.1) is 43.1 Å². The first-order valence-corrected chi connectivity index (χ1v) is 15.1. The molecule has 0 aromatic heterocycles. The number of hydrogen-bond acceptors (Lipinski definition) is 16. The number of aliphatic hydroxyl groups excluding tert-OH is 5. The van der Waals surface area contributed by atoms with Crippen LogP contribution in [0, 0.1) is 5.92 Å². The topological polar surface area (TPSA) is 306 Å². The predicted octanol–water partition coefficient (Wildman–Crippen LogP) is -7.41. The van der Waals surface area contributed by atoms with E-state index in [1.165, 1.54) is 0 Å². The van der Waals surface area contributed by atoms with Crippen molar-refractivity contribution in [3.05, 3.63) is 0 Å². The molecule has 3 saturated heterocycles. The highest BCUT2D eigenvalue weighted by Crippen LogP contribution is 2.38.